The number of aryl methyl sites for hydroxylation is 1. The molecule has 0 fully saturated rings. The van der Waals surface area contributed by atoms with E-state index in [0.717, 1.165) is 27.6 Å². The molecule has 3 heteroatoms. The van der Waals surface area contributed by atoms with Crippen molar-refractivity contribution < 1.29 is 8.81 Å². The highest BCUT2D eigenvalue weighted by atomic mass is 19.1. The van der Waals surface area contributed by atoms with Gasteiger partial charge in [0.05, 0.1) is 0 Å². The molecule has 0 aliphatic carbocycles. The lowest BCUT2D eigenvalue weighted by molar-refractivity contribution is 0.620. The normalized spacial score (nSPS) is 11.8. The summed E-state index contributed by atoms with van der Waals surface area (Å²) in [7, 11) is 0. The Morgan fingerprint density at radius 2 is 1.23 bits per heavy atom. The van der Waals surface area contributed by atoms with Crippen molar-refractivity contribution in [2.75, 3.05) is 0 Å². The van der Waals surface area contributed by atoms with Crippen LogP contribution in [0.25, 0.3) is 77.1 Å². The molecular formula is C36H22FNO. The Morgan fingerprint density at radius 1 is 0.590 bits per heavy atom. The molecule has 39 heavy (non-hydrogen) atoms. The van der Waals surface area contributed by atoms with Crippen LogP contribution in [0.15, 0.2) is 120 Å². The predicted molar refractivity (Wildman–Crippen MR) is 159 cm³/mol. The highest BCUT2D eigenvalue weighted by Gasteiger charge is 2.17. The minimum atomic E-state index is -0.257. The Hall–Kier alpha value is -5.02. The number of fused-ring (bicyclic) bond motifs is 1. The van der Waals surface area contributed by atoms with Gasteiger partial charge in [0.2, 0.25) is 5.89 Å². The summed E-state index contributed by atoms with van der Waals surface area (Å²) in [5.74, 6) is 0.325. The zero-order chi connectivity index (χ0) is 26.1. The van der Waals surface area contributed by atoms with E-state index in [1.165, 1.54) is 55.8 Å². The lowest BCUT2D eigenvalue weighted by atomic mass is 9.88. The number of halogens is 1. The van der Waals surface area contributed by atoms with Crippen LogP contribution in [0.1, 0.15) is 5.56 Å². The maximum Gasteiger partial charge on any atom is 0.227 e. The van der Waals surface area contributed by atoms with Crippen molar-refractivity contribution in [1.29, 1.82) is 0 Å². The molecule has 0 unspecified atom stereocenters. The molecule has 2 nitrogen and oxygen atoms in total. The van der Waals surface area contributed by atoms with Crippen LogP contribution in [0.2, 0.25) is 0 Å². The first kappa shape index (κ1) is 22.0. The molecule has 0 radical (unpaired) electrons. The van der Waals surface area contributed by atoms with Gasteiger partial charge in [-0.3, -0.25) is 0 Å². The van der Waals surface area contributed by atoms with E-state index in [4.69, 9.17) is 9.40 Å². The van der Waals surface area contributed by atoms with Crippen molar-refractivity contribution in [1.82, 2.24) is 4.98 Å². The molecule has 7 aromatic carbocycles. The molecule has 0 aliphatic heterocycles. The fourth-order valence-electron chi connectivity index (χ4n) is 5.86. The Balaban J connectivity index is 1.33. The van der Waals surface area contributed by atoms with Gasteiger partial charge in [0.15, 0.2) is 5.58 Å². The first-order chi connectivity index (χ1) is 19.1. The Bertz CT molecular complexity index is 2190. The SMILES string of the molecule is Cc1ccc(-c2ccc3ccc4c(-c5nc6cc(-c7cccc(F)c7)ccc6o5)ccc5ccc2c3c54)cc1. The Morgan fingerprint density at radius 3 is 1.97 bits per heavy atom. The summed E-state index contributed by atoms with van der Waals surface area (Å²) >= 11 is 0. The number of rotatable bonds is 3. The highest BCUT2D eigenvalue weighted by Crippen LogP contribution is 2.42. The van der Waals surface area contributed by atoms with Crippen LogP contribution in [-0.2, 0) is 0 Å². The van der Waals surface area contributed by atoms with E-state index < -0.39 is 0 Å². The molecule has 0 spiro atoms. The molecule has 0 atom stereocenters. The van der Waals surface area contributed by atoms with Crippen molar-refractivity contribution in [3.05, 3.63) is 127 Å². The summed E-state index contributed by atoms with van der Waals surface area (Å²) in [6, 6.07) is 38.7. The van der Waals surface area contributed by atoms with Gasteiger partial charge in [0.25, 0.3) is 0 Å². The summed E-state index contributed by atoms with van der Waals surface area (Å²) in [5, 5.41) is 7.24. The second-order valence-electron chi connectivity index (χ2n) is 10.2. The summed E-state index contributed by atoms with van der Waals surface area (Å²) in [5.41, 5.74) is 7.83. The third-order valence-electron chi connectivity index (χ3n) is 7.80. The van der Waals surface area contributed by atoms with E-state index in [1.807, 2.05) is 24.3 Å². The van der Waals surface area contributed by atoms with Crippen LogP contribution in [0.5, 0.6) is 0 Å². The van der Waals surface area contributed by atoms with Gasteiger partial charge < -0.3 is 4.42 Å². The maximum atomic E-state index is 13.8. The monoisotopic (exact) mass is 503 g/mol. The molecule has 0 aliphatic rings. The van der Waals surface area contributed by atoms with Gasteiger partial charge >= 0.3 is 0 Å². The number of hydrogen-bond acceptors (Lipinski definition) is 2. The van der Waals surface area contributed by atoms with Crippen LogP contribution < -0.4 is 0 Å². The summed E-state index contributed by atoms with van der Waals surface area (Å²) in [6.07, 6.45) is 0. The standard InChI is InChI=1S/C36H22FNO/c1-21-5-7-22(8-6-21)28-14-9-23-11-16-30-31(17-12-24-10-15-29(28)34(23)35(24)30)36-38-32-20-26(13-18-33(32)39-36)25-3-2-4-27(37)19-25/h2-20H,1H3. The largest absolute Gasteiger partial charge is 0.436 e. The smallest absolute Gasteiger partial charge is 0.227 e. The third-order valence-corrected chi connectivity index (χ3v) is 7.80. The zero-order valence-electron chi connectivity index (χ0n) is 21.2. The summed E-state index contributed by atoms with van der Waals surface area (Å²) < 4.78 is 20.1. The Kier molecular flexibility index (Phi) is 4.65. The zero-order valence-corrected chi connectivity index (χ0v) is 21.2. The number of aromatic nitrogens is 1. The molecular weight excluding hydrogens is 481 g/mol. The molecule has 1 aromatic heterocycles. The van der Waals surface area contributed by atoms with Gasteiger partial charge in [-0.1, -0.05) is 90.5 Å². The van der Waals surface area contributed by atoms with Gasteiger partial charge in [-0.25, -0.2) is 9.37 Å². The Labute approximate surface area is 224 Å². The van der Waals surface area contributed by atoms with Crippen molar-refractivity contribution in [2.45, 2.75) is 6.92 Å². The van der Waals surface area contributed by atoms with Crippen LogP contribution in [0, 0.1) is 12.7 Å². The van der Waals surface area contributed by atoms with Crippen molar-refractivity contribution >= 4 is 43.4 Å². The molecule has 0 saturated carbocycles. The molecule has 8 aromatic rings. The number of oxazole rings is 1. The van der Waals surface area contributed by atoms with E-state index in [2.05, 4.69) is 79.7 Å². The van der Waals surface area contributed by atoms with Gasteiger partial charge in [-0.05, 0) is 91.8 Å². The van der Waals surface area contributed by atoms with Crippen LogP contribution in [-0.4, -0.2) is 4.98 Å². The molecule has 8 rings (SSSR count). The van der Waals surface area contributed by atoms with E-state index in [9.17, 15) is 4.39 Å². The van der Waals surface area contributed by atoms with Gasteiger partial charge in [0, 0.05) is 5.56 Å². The predicted octanol–water partition coefficient (Wildman–Crippen LogP) is 10.2. The number of benzene rings is 7. The first-order valence-electron chi connectivity index (χ1n) is 13.1. The van der Waals surface area contributed by atoms with Crippen LogP contribution in [0.4, 0.5) is 4.39 Å². The lowest BCUT2D eigenvalue weighted by Gasteiger charge is -2.15. The minimum Gasteiger partial charge on any atom is -0.436 e. The highest BCUT2D eigenvalue weighted by molar-refractivity contribution is 6.27. The summed E-state index contributed by atoms with van der Waals surface area (Å²) in [6.45, 7) is 2.11. The first-order valence-corrected chi connectivity index (χ1v) is 13.1. The maximum absolute atomic E-state index is 13.8. The fourth-order valence-corrected chi connectivity index (χ4v) is 5.86. The van der Waals surface area contributed by atoms with Gasteiger partial charge in [0.1, 0.15) is 11.3 Å². The van der Waals surface area contributed by atoms with Crippen molar-refractivity contribution in [3.8, 4) is 33.7 Å². The van der Waals surface area contributed by atoms with E-state index in [-0.39, 0.29) is 5.82 Å². The quantitative estimate of drug-likeness (QED) is 0.224. The molecule has 1 heterocycles. The molecule has 0 N–H and O–H groups in total. The summed E-state index contributed by atoms with van der Waals surface area (Å²) in [4.78, 5) is 4.89. The van der Waals surface area contributed by atoms with E-state index >= 15 is 0 Å². The molecule has 0 bridgehead atoms. The molecule has 0 amide bonds. The van der Waals surface area contributed by atoms with Crippen LogP contribution >= 0.6 is 0 Å². The average Bonchev–Trinajstić information content (AvgIpc) is 3.39. The topological polar surface area (TPSA) is 26.0 Å². The third kappa shape index (κ3) is 3.44. The minimum absolute atomic E-state index is 0.257. The average molecular weight is 504 g/mol. The number of hydrogen-bond donors (Lipinski definition) is 0. The molecule has 184 valence electrons. The van der Waals surface area contributed by atoms with E-state index in [0.29, 0.717) is 11.5 Å². The second kappa shape index (κ2) is 8.24. The van der Waals surface area contributed by atoms with Crippen molar-refractivity contribution in [3.63, 3.8) is 0 Å². The number of nitrogens with zero attached hydrogens (tertiary/aromatic N) is 1. The molecule has 0 saturated heterocycles. The van der Waals surface area contributed by atoms with Crippen molar-refractivity contribution in [2.24, 2.45) is 0 Å². The lowest BCUT2D eigenvalue weighted by Crippen LogP contribution is -1.89. The fraction of sp³-hybridized carbons (Fsp3) is 0.0278. The van der Waals surface area contributed by atoms with Gasteiger partial charge in [-0.15, -0.1) is 0 Å². The van der Waals surface area contributed by atoms with E-state index in [1.54, 1.807) is 6.07 Å². The van der Waals surface area contributed by atoms with Crippen LogP contribution in [0.3, 0.4) is 0 Å². The van der Waals surface area contributed by atoms with Gasteiger partial charge in [-0.2, -0.15) is 0 Å². The second-order valence-corrected chi connectivity index (χ2v) is 10.2.